The maximum atomic E-state index is 12.4. The largest absolute Gasteiger partial charge is 0.380 e. The summed E-state index contributed by atoms with van der Waals surface area (Å²) in [7, 11) is 3.56. The topological polar surface area (TPSA) is 43.3 Å². The van der Waals surface area contributed by atoms with Crippen LogP contribution in [0, 0.1) is 0 Å². The maximum Gasteiger partial charge on any atom is 0.272 e. The molecule has 1 aromatic carbocycles. The number of fused-ring (bicyclic) bond motifs is 1. The van der Waals surface area contributed by atoms with Gasteiger partial charge in [-0.15, -0.1) is 11.3 Å². The number of hydrogen-bond donors (Lipinski definition) is 1. The first-order valence-electron chi connectivity index (χ1n) is 6.61. The number of aromatic nitrogens is 1. The van der Waals surface area contributed by atoms with Crippen molar-refractivity contribution in [3.05, 3.63) is 53.0 Å². The van der Waals surface area contributed by atoms with Crippen molar-refractivity contribution in [1.29, 1.82) is 0 Å². The van der Waals surface area contributed by atoms with E-state index in [4.69, 9.17) is 4.74 Å². The second-order valence-electron chi connectivity index (χ2n) is 4.85. The van der Waals surface area contributed by atoms with Crippen molar-refractivity contribution >= 4 is 33.1 Å². The van der Waals surface area contributed by atoms with Crippen molar-refractivity contribution in [1.82, 2.24) is 4.57 Å². The number of ether oxygens (including phenoxy) is 1. The molecule has 3 aromatic rings. The van der Waals surface area contributed by atoms with Gasteiger partial charge in [0, 0.05) is 19.8 Å². The number of thiophene rings is 1. The maximum absolute atomic E-state index is 12.4. The Morgan fingerprint density at radius 2 is 2.19 bits per heavy atom. The molecule has 1 amide bonds. The van der Waals surface area contributed by atoms with Crippen molar-refractivity contribution in [2.24, 2.45) is 7.05 Å². The molecule has 0 atom stereocenters. The molecule has 0 aliphatic carbocycles. The molecule has 0 fully saturated rings. The normalized spacial score (nSPS) is 11.0. The summed E-state index contributed by atoms with van der Waals surface area (Å²) in [5, 5.41) is 4.97. The molecule has 1 N–H and O–H groups in total. The number of rotatable bonds is 4. The van der Waals surface area contributed by atoms with E-state index in [-0.39, 0.29) is 5.91 Å². The van der Waals surface area contributed by atoms with Gasteiger partial charge in [-0.25, -0.2) is 0 Å². The Morgan fingerprint density at radius 1 is 1.33 bits per heavy atom. The number of methoxy groups -OCH3 is 1. The van der Waals surface area contributed by atoms with Gasteiger partial charge in [-0.05, 0) is 35.2 Å². The summed E-state index contributed by atoms with van der Waals surface area (Å²) in [6, 6.07) is 11.6. The van der Waals surface area contributed by atoms with Crippen LogP contribution in [0.1, 0.15) is 16.1 Å². The lowest BCUT2D eigenvalue weighted by Gasteiger charge is -2.08. The van der Waals surface area contributed by atoms with Crippen LogP contribution in [0.15, 0.2) is 41.8 Å². The number of carbonyl (C=O) groups excluding carboxylic acids is 1. The van der Waals surface area contributed by atoms with E-state index >= 15 is 0 Å². The molecule has 5 heteroatoms. The average molecular weight is 300 g/mol. The zero-order valence-electron chi connectivity index (χ0n) is 11.9. The monoisotopic (exact) mass is 300 g/mol. The van der Waals surface area contributed by atoms with Gasteiger partial charge in [0.2, 0.25) is 0 Å². The van der Waals surface area contributed by atoms with Gasteiger partial charge in [-0.3, -0.25) is 4.79 Å². The standard InChI is InChI=1S/C16H16N2O2S/c1-18-13-6-7-21-15(13)9-14(18)16(19)17-12-5-3-4-11(8-12)10-20-2/h3-9H,10H2,1-2H3,(H,17,19). The Balaban J connectivity index is 1.84. The van der Waals surface area contributed by atoms with Crippen molar-refractivity contribution in [2.45, 2.75) is 6.61 Å². The Kier molecular flexibility index (Phi) is 3.77. The fourth-order valence-corrected chi connectivity index (χ4v) is 3.22. The molecule has 2 heterocycles. The number of benzene rings is 1. The molecule has 108 valence electrons. The first-order chi connectivity index (χ1) is 10.2. The Labute approximate surface area is 127 Å². The molecule has 21 heavy (non-hydrogen) atoms. The molecule has 0 bridgehead atoms. The van der Waals surface area contributed by atoms with Crippen LogP contribution in [0.25, 0.3) is 10.2 Å². The summed E-state index contributed by atoms with van der Waals surface area (Å²) < 4.78 is 8.14. The first kappa shape index (κ1) is 13.9. The number of nitrogens with one attached hydrogen (secondary N) is 1. The third kappa shape index (κ3) is 2.70. The van der Waals surface area contributed by atoms with Gasteiger partial charge in [-0.1, -0.05) is 12.1 Å². The van der Waals surface area contributed by atoms with Crippen molar-refractivity contribution in [3.63, 3.8) is 0 Å². The summed E-state index contributed by atoms with van der Waals surface area (Å²) in [5.41, 5.74) is 3.55. The number of amides is 1. The lowest BCUT2D eigenvalue weighted by molar-refractivity contribution is 0.101. The van der Waals surface area contributed by atoms with Crippen LogP contribution >= 0.6 is 11.3 Å². The van der Waals surface area contributed by atoms with E-state index in [2.05, 4.69) is 5.32 Å². The van der Waals surface area contributed by atoms with E-state index in [0.29, 0.717) is 12.3 Å². The smallest absolute Gasteiger partial charge is 0.272 e. The first-order valence-corrected chi connectivity index (χ1v) is 7.49. The quantitative estimate of drug-likeness (QED) is 0.799. The minimum atomic E-state index is -0.101. The second-order valence-corrected chi connectivity index (χ2v) is 5.79. The molecule has 0 radical (unpaired) electrons. The van der Waals surface area contributed by atoms with E-state index in [0.717, 1.165) is 21.5 Å². The minimum Gasteiger partial charge on any atom is -0.380 e. The molecule has 4 nitrogen and oxygen atoms in total. The number of nitrogens with zero attached hydrogens (tertiary/aromatic N) is 1. The molecule has 0 saturated carbocycles. The predicted molar refractivity (Wildman–Crippen MR) is 85.9 cm³/mol. The third-order valence-corrected chi connectivity index (χ3v) is 4.25. The van der Waals surface area contributed by atoms with Crippen LogP contribution in [0.2, 0.25) is 0 Å². The molecular formula is C16H16N2O2S. The van der Waals surface area contributed by atoms with E-state index in [1.54, 1.807) is 18.4 Å². The highest BCUT2D eigenvalue weighted by molar-refractivity contribution is 7.17. The highest BCUT2D eigenvalue weighted by atomic mass is 32.1. The van der Waals surface area contributed by atoms with Gasteiger partial charge < -0.3 is 14.6 Å². The zero-order valence-corrected chi connectivity index (χ0v) is 12.7. The molecular weight excluding hydrogens is 284 g/mol. The van der Waals surface area contributed by atoms with Crippen LogP contribution in [-0.2, 0) is 18.4 Å². The van der Waals surface area contributed by atoms with Crippen molar-refractivity contribution in [3.8, 4) is 0 Å². The van der Waals surface area contributed by atoms with Crippen LogP contribution in [-0.4, -0.2) is 17.6 Å². The van der Waals surface area contributed by atoms with Gasteiger partial charge in [-0.2, -0.15) is 0 Å². The van der Waals surface area contributed by atoms with E-state index in [9.17, 15) is 4.79 Å². The fraction of sp³-hybridized carbons (Fsp3) is 0.188. The van der Waals surface area contributed by atoms with Gasteiger partial charge >= 0.3 is 0 Å². The van der Waals surface area contributed by atoms with Crippen LogP contribution in [0.5, 0.6) is 0 Å². The van der Waals surface area contributed by atoms with E-state index in [1.165, 1.54) is 0 Å². The SMILES string of the molecule is COCc1cccc(NC(=O)c2cc3sccc3n2C)c1. The molecule has 3 rings (SSSR count). The van der Waals surface area contributed by atoms with Gasteiger partial charge in [0.1, 0.15) is 5.69 Å². The van der Waals surface area contributed by atoms with E-state index in [1.807, 2.05) is 53.4 Å². The number of carbonyl (C=O) groups is 1. The summed E-state index contributed by atoms with van der Waals surface area (Å²) in [4.78, 5) is 12.4. The van der Waals surface area contributed by atoms with Crippen LogP contribution in [0.4, 0.5) is 5.69 Å². The zero-order chi connectivity index (χ0) is 14.8. The average Bonchev–Trinajstić information content (AvgIpc) is 3.03. The number of anilines is 1. The summed E-state index contributed by atoms with van der Waals surface area (Å²) in [6.45, 7) is 0.531. The molecule has 2 aromatic heterocycles. The molecule has 0 saturated heterocycles. The highest BCUT2D eigenvalue weighted by Crippen LogP contribution is 2.24. The Bertz CT molecular complexity index is 789. The van der Waals surface area contributed by atoms with Crippen LogP contribution in [0.3, 0.4) is 0 Å². The van der Waals surface area contributed by atoms with Gasteiger partial charge in [0.05, 0.1) is 16.8 Å². The van der Waals surface area contributed by atoms with E-state index < -0.39 is 0 Å². The summed E-state index contributed by atoms with van der Waals surface area (Å²) in [6.07, 6.45) is 0. The fourth-order valence-electron chi connectivity index (χ4n) is 2.37. The van der Waals surface area contributed by atoms with Gasteiger partial charge in [0.15, 0.2) is 0 Å². The summed E-state index contributed by atoms with van der Waals surface area (Å²) in [5.74, 6) is -0.101. The third-order valence-electron chi connectivity index (χ3n) is 3.39. The lowest BCUT2D eigenvalue weighted by atomic mass is 10.2. The highest BCUT2D eigenvalue weighted by Gasteiger charge is 2.14. The summed E-state index contributed by atoms with van der Waals surface area (Å²) >= 11 is 1.64. The Hall–Kier alpha value is -2.11. The molecule has 0 aliphatic heterocycles. The minimum absolute atomic E-state index is 0.101. The molecule has 0 spiro atoms. The van der Waals surface area contributed by atoms with Crippen LogP contribution < -0.4 is 5.32 Å². The van der Waals surface area contributed by atoms with Crippen molar-refractivity contribution in [2.75, 3.05) is 12.4 Å². The molecule has 0 unspecified atom stereocenters. The Morgan fingerprint density at radius 3 is 2.95 bits per heavy atom. The van der Waals surface area contributed by atoms with Crippen molar-refractivity contribution < 1.29 is 9.53 Å². The number of aryl methyl sites for hydroxylation is 1. The number of hydrogen-bond acceptors (Lipinski definition) is 3. The molecule has 0 aliphatic rings. The van der Waals surface area contributed by atoms with Gasteiger partial charge in [0.25, 0.3) is 5.91 Å². The lowest BCUT2D eigenvalue weighted by Crippen LogP contribution is -2.15. The second kappa shape index (κ2) is 5.71. The predicted octanol–water partition coefficient (Wildman–Crippen LogP) is 3.64.